The smallest absolute Gasteiger partial charge is 0.406 e. The summed E-state index contributed by atoms with van der Waals surface area (Å²) in [4.78, 5) is 37.6. The van der Waals surface area contributed by atoms with E-state index in [1.807, 2.05) is 5.32 Å². The van der Waals surface area contributed by atoms with E-state index in [0.717, 1.165) is 12.1 Å². The number of rotatable bonds is 6. The molecule has 1 aromatic rings. The van der Waals surface area contributed by atoms with Crippen molar-refractivity contribution in [2.24, 2.45) is 0 Å². The van der Waals surface area contributed by atoms with Crippen LogP contribution in [0.1, 0.15) is 20.3 Å². The minimum Gasteiger partial charge on any atom is -0.486 e. The summed E-state index contributed by atoms with van der Waals surface area (Å²) in [5, 5.41) is 13.4. The van der Waals surface area contributed by atoms with Crippen molar-refractivity contribution in [1.82, 2.24) is 10.6 Å². The normalized spacial score (nSPS) is 20.5. The minimum absolute atomic E-state index is 0.0875. The molecule has 15 heteroatoms. The Bertz CT molecular complexity index is 949. The Balaban J connectivity index is 2.39. The van der Waals surface area contributed by atoms with Crippen LogP contribution in [-0.4, -0.2) is 66.0 Å². The summed E-state index contributed by atoms with van der Waals surface area (Å²) in [6, 6.07) is 0.555. The molecule has 0 aliphatic carbocycles. The lowest BCUT2D eigenvalue weighted by atomic mass is 10.0. The van der Waals surface area contributed by atoms with Gasteiger partial charge in [0.05, 0.1) is 5.69 Å². The molecule has 1 aliphatic heterocycles. The summed E-state index contributed by atoms with van der Waals surface area (Å²) in [6.07, 6.45) is -11.2. The van der Waals surface area contributed by atoms with Gasteiger partial charge in [-0.25, -0.2) is 4.39 Å². The molecular weight excluding hydrogens is 483 g/mol. The van der Waals surface area contributed by atoms with E-state index >= 15 is 0 Å². The Morgan fingerprint density at radius 2 is 1.74 bits per heavy atom. The molecule has 34 heavy (non-hydrogen) atoms. The van der Waals surface area contributed by atoms with Crippen molar-refractivity contribution in [3.05, 3.63) is 24.0 Å². The predicted molar refractivity (Wildman–Crippen MR) is 101 cm³/mol. The first kappa shape index (κ1) is 27.1. The maximum absolute atomic E-state index is 13.7. The van der Waals surface area contributed by atoms with Crippen LogP contribution in [0.3, 0.4) is 0 Å². The zero-order valence-corrected chi connectivity index (χ0v) is 17.7. The van der Waals surface area contributed by atoms with Gasteiger partial charge in [-0.3, -0.25) is 19.3 Å². The average Bonchev–Trinajstić information content (AvgIpc) is 2.80. The van der Waals surface area contributed by atoms with Crippen molar-refractivity contribution in [3.8, 4) is 5.75 Å². The Labute approximate surface area is 188 Å². The number of ether oxygens (including phenoxy) is 1. The second kappa shape index (κ2) is 9.64. The molecular formula is C19H20F7N3O5. The first-order chi connectivity index (χ1) is 15.5. The molecule has 0 spiro atoms. The zero-order chi connectivity index (χ0) is 26.1. The highest BCUT2D eigenvalue weighted by molar-refractivity contribution is 6.10. The van der Waals surface area contributed by atoms with Crippen LogP contribution < -0.4 is 20.3 Å². The predicted octanol–water partition coefficient (Wildman–Crippen LogP) is 1.81. The van der Waals surface area contributed by atoms with Crippen LogP contribution >= 0.6 is 0 Å². The van der Waals surface area contributed by atoms with E-state index < -0.39 is 72.4 Å². The average molecular weight is 503 g/mol. The zero-order valence-electron chi connectivity index (χ0n) is 17.7. The van der Waals surface area contributed by atoms with Gasteiger partial charge >= 0.3 is 12.4 Å². The maximum Gasteiger partial charge on any atom is 0.406 e. The third-order valence-corrected chi connectivity index (χ3v) is 4.75. The molecule has 2 unspecified atom stereocenters. The number of carbonyl (C=O) groups is 3. The highest BCUT2D eigenvalue weighted by Gasteiger charge is 2.47. The van der Waals surface area contributed by atoms with Crippen molar-refractivity contribution >= 4 is 23.4 Å². The Morgan fingerprint density at radius 3 is 2.26 bits per heavy atom. The van der Waals surface area contributed by atoms with Crippen molar-refractivity contribution in [2.45, 2.75) is 50.4 Å². The molecule has 1 heterocycles. The largest absolute Gasteiger partial charge is 0.486 e. The first-order valence-corrected chi connectivity index (χ1v) is 9.69. The number of hydrogen-bond acceptors (Lipinski definition) is 5. The van der Waals surface area contributed by atoms with Crippen LogP contribution in [0, 0.1) is 5.82 Å². The lowest BCUT2D eigenvalue weighted by Gasteiger charge is -2.30. The fraction of sp³-hybridized carbons (Fsp3) is 0.526. The summed E-state index contributed by atoms with van der Waals surface area (Å²) in [6.45, 7) is -1.79. The number of carbonyl (C=O) groups excluding carboxylic acids is 3. The highest BCUT2D eigenvalue weighted by Crippen LogP contribution is 2.36. The molecule has 2 rings (SSSR count). The van der Waals surface area contributed by atoms with E-state index in [9.17, 15) is 50.2 Å². The number of nitrogens with one attached hydrogen (secondary N) is 2. The molecule has 0 fully saturated rings. The number of amides is 3. The summed E-state index contributed by atoms with van der Waals surface area (Å²) < 4.78 is 95.8. The van der Waals surface area contributed by atoms with Gasteiger partial charge in [-0.15, -0.1) is 0 Å². The van der Waals surface area contributed by atoms with Crippen molar-refractivity contribution in [1.29, 1.82) is 0 Å². The molecule has 1 aromatic carbocycles. The number of aliphatic hydroxyl groups is 1. The van der Waals surface area contributed by atoms with Gasteiger partial charge in [-0.2, -0.15) is 26.3 Å². The molecule has 190 valence electrons. The first-order valence-electron chi connectivity index (χ1n) is 9.69. The standard InChI is InChI=1S/C19H20F7N3O5/c1-3-11-13(28-16(32)17(2,33)15(31)27-7-18(21,22)23)14(30)29(8-19(24,25)26)10-6-9(20)4-5-12(10)34-11/h4-6,11,13,33H,3,7-8H2,1-2H3,(H,27,31)(H,28,32)/t11-,13?,17?/m1/s1. The molecule has 0 bridgehead atoms. The fourth-order valence-corrected chi connectivity index (χ4v) is 3.03. The van der Waals surface area contributed by atoms with Gasteiger partial charge in [-0.1, -0.05) is 6.92 Å². The molecule has 0 aromatic heterocycles. The van der Waals surface area contributed by atoms with Crippen LogP contribution in [0.4, 0.5) is 36.4 Å². The summed E-state index contributed by atoms with van der Waals surface area (Å²) >= 11 is 0. The Morgan fingerprint density at radius 1 is 1.12 bits per heavy atom. The van der Waals surface area contributed by atoms with Crippen LogP contribution in [-0.2, 0) is 14.4 Å². The topological polar surface area (TPSA) is 108 Å². The molecule has 0 saturated carbocycles. The monoisotopic (exact) mass is 503 g/mol. The number of nitrogens with zero attached hydrogens (tertiary/aromatic N) is 1. The number of alkyl halides is 6. The molecule has 3 N–H and O–H groups in total. The Kier molecular flexibility index (Phi) is 7.70. The van der Waals surface area contributed by atoms with E-state index in [2.05, 4.69) is 0 Å². The molecule has 3 amide bonds. The molecule has 0 saturated heterocycles. The molecule has 3 atom stereocenters. The van der Waals surface area contributed by atoms with E-state index in [1.54, 1.807) is 0 Å². The van der Waals surface area contributed by atoms with Crippen LogP contribution in [0.15, 0.2) is 18.2 Å². The second-order valence-electron chi connectivity index (χ2n) is 7.54. The molecule has 8 nitrogen and oxygen atoms in total. The lowest BCUT2D eigenvalue weighted by Crippen LogP contribution is -2.63. The lowest BCUT2D eigenvalue weighted by molar-refractivity contribution is -0.159. The van der Waals surface area contributed by atoms with E-state index in [4.69, 9.17) is 4.74 Å². The number of halogens is 7. The van der Waals surface area contributed by atoms with Crippen molar-refractivity contribution in [2.75, 3.05) is 18.0 Å². The molecule has 0 radical (unpaired) electrons. The van der Waals surface area contributed by atoms with Gasteiger partial charge in [0, 0.05) is 6.07 Å². The van der Waals surface area contributed by atoms with Crippen LogP contribution in [0.25, 0.3) is 0 Å². The minimum atomic E-state index is -4.96. The van der Waals surface area contributed by atoms with Gasteiger partial charge in [0.2, 0.25) is 5.60 Å². The summed E-state index contributed by atoms with van der Waals surface area (Å²) in [7, 11) is 0. The third kappa shape index (κ3) is 6.48. The quantitative estimate of drug-likeness (QED) is 0.406. The van der Waals surface area contributed by atoms with E-state index in [-0.39, 0.29) is 17.1 Å². The summed E-state index contributed by atoms with van der Waals surface area (Å²) in [5.41, 5.74) is -3.71. The van der Waals surface area contributed by atoms with Crippen LogP contribution in [0.5, 0.6) is 5.75 Å². The van der Waals surface area contributed by atoms with Gasteiger partial charge in [0.25, 0.3) is 17.7 Å². The van der Waals surface area contributed by atoms with Gasteiger partial charge < -0.3 is 20.5 Å². The number of anilines is 1. The van der Waals surface area contributed by atoms with Crippen molar-refractivity contribution < 1.29 is 55.0 Å². The van der Waals surface area contributed by atoms with E-state index in [1.165, 1.54) is 12.2 Å². The van der Waals surface area contributed by atoms with Crippen molar-refractivity contribution in [3.63, 3.8) is 0 Å². The van der Waals surface area contributed by atoms with E-state index in [0.29, 0.717) is 13.0 Å². The van der Waals surface area contributed by atoms with Gasteiger partial charge in [-0.05, 0) is 25.5 Å². The number of fused-ring (bicyclic) bond motifs is 1. The number of hydrogen-bond donors (Lipinski definition) is 3. The van der Waals surface area contributed by atoms with Gasteiger partial charge in [0.15, 0.2) is 0 Å². The third-order valence-electron chi connectivity index (χ3n) is 4.75. The highest BCUT2D eigenvalue weighted by atomic mass is 19.4. The molecule has 1 aliphatic rings. The SMILES string of the molecule is CC[C@H]1Oc2ccc(F)cc2N(CC(F)(F)F)C(=O)C1NC(=O)C(C)(O)C(=O)NCC(F)(F)F. The fourth-order valence-electron chi connectivity index (χ4n) is 3.03. The Hall–Kier alpha value is -3.10. The number of benzene rings is 1. The van der Waals surface area contributed by atoms with Crippen LogP contribution in [0.2, 0.25) is 0 Å². The maximum atomic E-state index is 13.7. The van der Waals surface area contributed by atoms with Gasteiger partial charge in [0.1, 0.15) is 36.8 Å². The summed E-state index contributed by atoms with van der Waals surface area (Å²) in [5.74, 6) is -6.14. The second-order valence-corrected chi connectivity index (χ2v) is 7.54.